The van der Waals surface area contributed by atoms with E-state index in [1.165, 1.54) is 48.5 Å². The van der Waals surface area contributed by atoms with E-state index in [4.69, 9.17) is 23.2 Å². The topological polar surface area (TPSA) is 57.7 Å². The minimum atomic E-state index is -3.72. The van der Waals surface area contributed by atoms with Crippen LogP contribution in [0.3, 0.4) is 0 Å². The molecule has 2 fully saturated rings. The van der Waals surface area contributed by atoms with E-state index >= 15 is 0 Å². The zero-order valence-corrected chi connectivity index (χ0v) is 19.3. The minimum absolute atomic E-state index is 0.0306. The number of nitrogens with zero attached hydrogens (tertiary/aromatic N) is 2. The molecule has 1 saturated carbocycles. The Balaban J connectivity index is 1.62. The number of halogens is 2. The van der Waals surface area contributed by atoms with Gasteiger partial charge in [0.25, 0.3) is 0 Å². The Morgan fingerprint density at radius 1 is 1.00 bits per heavy atom. The van der Waals surface area contributed by atoms with Crippen LogP contribution >= 0.6 is 23.2 Å². The number of carbonyl (C=O) groups is 1. The molecule has 3 rings (SSSR count). The van der Waals surface area contributed by atoms with E-state index in [1.807, 2.05) is 11.9 Å². The minimum Gasteiger partial charge on any atom is -0.343 e. The van der Waals surface area contributed by atoms with Crippen LogP contribution in [0, 0.1) is 5.92 Å². The largest absolute Gasteiger partial charge is 0.343 e. The second-order valence-electron chi connectivity index (χ2n) is 8.20. The van der Waals surface area contributed by atoms with Crippen LogP contribution in [0.2, 0.25) is 10.0 Å². The Hall–Kier alpha value is -0.820. The van der Waals surface area contributed by atoms with Crippen molar-refractivity contribution in [3.8, 4) is 0 Å². The third-order valence-electron chi connectivity index (χ3n) is 6.28. The van der Waals surface area contributed by atoms with E-state index in [0.29, 0.717) is 37.0 Å². The molecule has 162 valence electrons. The van der Waals surface area contributed by atoms with Crippen molar-refractivity contribution in [3.05, 3.63) is 28.2 Å². The summed E-state index contributed by atoms with van der Waals surface area (Å²) in [5.74, 6) is 0.0418. The number of carbonyl (C=O) groups excluding carboxylic acids is 1. The number of hydrogen-bond donors (Lipinski definition) is 0. The van der Waals surface area contributed by atoms with Crippen LogP contribution in [0.25, 0.3) is 0 Å². The Labute approximate surface area is 184 Å². The number of benzene rings is 1. The van der Waals surface area contributed by atoms with Crippen molar-refractivity contribution in [3.63, 3.8) is 0 Å². The molecule has 5 nitrogen and oxygen atoms in total. The van der Waals surface area contributed by atoms with Crippen LogP contribution < -0.4 is 0 Å². The van der Waals surface area contributed by atoms with E-state index in [1.54, 1.807) is 6.07 Å². The van der Waals surface area contributed by atoms with Gasteiger partial charge in [0, 0.05) is 37.1 Å². The first-order chi connectivity index (χ1) is 13.8. The maximum absolute atomic E-state index is 13.0. The third-order valence-corrected chi connectivity index (χ3v) is 8.90. The van der Waals surface area contributed by atoms with Crippen molar-refractivity contribution >= 4 is 39.1 Å². The summed E-state index contributed by atoms with van der Waals surface area (Å²) in [6.45, 7) is 0.639. The molecule has 0 bridgehead atoms. The zero-order chi connectivity index (χ0) is 21.0. The highest BCUT2D eigenvalue weighted by Gasteiger charge is 2.35. The Kier molecular flexibility index (Phi) is 7.87. The first-order valence-corrected chi connectivity index (χ1v) is 12.7. The first kappa shape index (κ1) is 22.9. The molecule has 1 heterocycles. The molecule has 0 aromatic heterocycles. The van der Waals surface area contributed by atoms with Crippen molar-refractivity contribution in [1.29, 1.82) is 0 Å². The molecule has 0 unspecified atom stereocenters. The van der Waals surface area contributed by atoms with Crippen molar-refractivity contribution in [2.24, 2.45) is 5.92 Å². The zero-order valence-electron chi connectivity index (χ0n) is 16.9. The lowest BCUT2D eigenvalue weighted by Gasteiger charge is -2.36. The van der Waals surface area contributed by atoms with Gasteiger partial charge < -0.3 is 4.90 Å². The molecule has 29 heavy (non-hydrogen) atoms. The van der Waals surface area contributed by atoms with Crippen LogP contribution in [0.15, 0.2) is 23.1 Å². The van der Waals surface area contributed by atoms with E-state index < -0.39 is 10.0 Å². The molecule has 1 aromatic rings. The van der Waals surface area contributed by atoms with E-state index in [2.05, 4.69) is 0 Å². The number of amides is 1. The lowest BCUT2D eigenvalue weighted by molar-refractivity contribution is -0.138. The third kappa shape index (κ3) is 5.46. The van der Waals surface area contributed by atoms with Gasteiger partial charge in [-0.25, -0.2) is 8.42 Å². The second-order valence-corrected chi connectivity index (χ2v) is 11.0. The van der Waals surface area contributed by atoms with E-state index in [9.17, 15) is 13.2 Å². The van der Waals surface area contributed by atoms with Gasteiger partial charge in [0.2, 0.25) is 15.9 Å². The average molecular weight is 461 g/mol. The summed E-state index contributed by atoms with van der Waals surface area (Å²) in [5, 5.41) is 0.496. The number of piperidine rings is 1. The highest BCUT2D eigenvalue weighted by Crippen LogP contribution is 2.31. The SMILES string of the molecule is CN(C(=O)C1CCN(S(=O)(=O)c2cc(Cl)ccc2Cl)CC1)C1CCCCCCC1. The van der Waals surface area contributed by atoms with Gasteiger partial charge in [-0.15, -0.1) is 0 Å². The molecule has 0 spiro atoms. The molecular weight excluding hydrogens is 431 g/mol. The molecule has 1 saturated heterocycles. The van der Waals surface area contributed by atoms with Crippen molar-refractivity contribution < 1.29 is 13.2 Å². The van der Waals surface area contributed by atoms with Gasteiger partial charge >= 0.3 is 0 Å². The Bertz CT molecular complexity index is 815. The molecule has 0 atom stereocenters. The molecule has 0 radical (unpaired) electrons. The van der Waals surface area contributed by atoms with Crippen molar-refractivity contribution in [1.82, 2.24) is 9.21 Å². The summed E-state index contributed by atoms with van der Waals surface area (Å²) in [7, 11) is -1.80. The molecule has 1 aliphatic heterocycles. The monoisotopic (exact) mass is 460 g/mol. The van der Waals surface area contributed by atoms with Gasteiger partial charge in [-0.2, -0.15) is 4.31 Å². The van der Waals surface area contributed by atoms with Gasteiger partial charge in [0.15, 0.2) is 0 Å². The van der Waals surface area contributed by atoms with Crippen LogP contribution in [0.5, 0.6) is 0 Å². The second kappa shape index (κ2) is 9.99. The summed E-state index contributed by atoms with van der Waals surface area (Å²) in [5.41, 5.74) is 0. The van der Waals surface area contributed by atoms with Crippen LogP contribution in [-0.2, 0) is 14.8 Å². The predicted octanol–water partition coefficient (Wildman–Crippen LogP) is 4.97. The number of rotatable bonds is 4. The van der Waals surface area contributed by atoms with Crippen molar-refractivity contribution in [2.75, 3.05) is 20.1 Å². The molecular formula is C21H30Cl2N2O3S. The number of sulfonamides is 1. The number of hydrogen-bond acceptors (Lipinski definition) is 3. The average Bonchev–Trinajstić information content (AvgIpc) is 2.68. The van der Waals surface area contributed by atoms with Gasteiger partial charge in [-0.1, -0.05) is 55.3 Å². The summed E-state index contributed by atoms with van der Waals surface area (Å²) < 4.78 is 27.4. The summed E-state index contributed by atoms with van der Waals surface area (Å²) in [4.78, 5) is 15.0. The lowest BCUT2D eigenvalue weighted by Crippen LogP contribution is -2.46. The summed E-state index contributed by atoms with van der Waals surface area (Å²) in [6.07, 6.45) is 9.38. The van der Waals surface area contributed by atoms with Crippen LogP contribution in [-0.4, -0.2) is 49.7 Å². The molecule has 0 N–H and O–H groups in total. The molecule has 1 amide bonds. The fourth-order valence-electron chi connectivity index (χ4n) is 4.45. The Morgan fingerprint density at radius 2 is 1.59 bits per heavy atom. The molecule has 1 aromatic carbocycles. The van der Waals surface area contributed by atoms with Gasteiger partial charge in [-0.3, -0.25) is 4.79 Å². The van der Waals surface area contributed by atoms with Crippen LogP contribution in [0.1, 0.15) is 57.8 Å². The van der Waals surface area contributed by atoms with E-state index in [0.717, 1.165) is 12.8 Å². The molecule has 2 aliphatic rings. The predicted molar refractivity (Wildman–Crippen MR) is 117 cm³/mol. The molecule has 8 heteroatoms. The van der Waals surface area contributed by atoms with Crippen LogP contribution in [0.4, 0.5) is 0 Å². The molecule has 1 aliphatic carbocycles. The smallest absolute Gasteiger partial charge is 0.244 e. The van der Waals surface area contributed by atoms with E-state index in [-0.39, 0.29) is 21.7 Å². The van der Waals surface area contributed by atoms with Gasteiger partial charge in [0.05, 0.1) is 5.02 Å². The quantitative estimate of drug-likeness (QED) is 0.637. The highest BCUT2D eigenvalue weighted by atomic mass is 35.5. The lowest BCUT2D eigenvalue weighted by atomic mass is 9.92. The van der Waals surface area contributed by atoms with Gasteiger partial charge in [-0.05, 0) is 43.9 Å². The van der Waals surface area contributed by atoms with Crippen molar-refractivity contribution in [2.45, 2.75) is 68.7 Å². The maximum atomic E-state index is 13.0. The first-order valence-electron chi connectivity index (χ1n) is 10.5. The fraction of sp³-hybridized carbons (Fsp3) is 0.667. The summed E-state index contributed by atoms with van der Waals surface area (Å²) in [6, 6.07) is 4.77. The Morgan fingerprint density at radius 3 is 2.21 bits per heavy atom. The van der Waals surface area contributed by atoms with Gasteiger partial charge in [0.1, 0.15) is 4.90 Å². The highest BCUT2D eigenvalue weighted by molar-refractivity contribution is 7.89. The summed E-state index contributed by atoms with van der Waals surface area (Å²) >= 11 is 12.1. The maximum Gasteiger partial charge on any atom is 0.244 e. The normalized spacial score (nSPS) is 20.8. The standard InChI is InChI=1S/C21H30Cl2N2O3S/c1-24(18-7-5-3-2-4-6-8-18)21(26)16-11-13-25(14-12-16)29(27,28)20-15-17(22)9-10-19(20)23/h9-10,15-16,18H,2-8,11-14H2,1H3. The fourth-order valence-corrected chi connectivity index (χ4v) is 6.65.